The Morgan fingerprint density at radius 3 is 2.36 bits per heavy atom. The Balaban J connectivity index is 1.10. The third-order valence-electron chi connectivity index (χ3n) is 9.05. The van der Waals surface area contributed by atoms with Crippen LogP contribution in [-0.4, -0.2) is 59.3 Å². The van der Waals surface area contributed by atoms with Crippen LogP contribution in [0.2, 0.25) is 0 Å². The molecule has 6 atom stereocenters. The second-order valence-corrected chi connectivity index (χ2v) is 12.3. The number of aromatic amines is 1. The van der Waals surface area contributed by atoms with Gasteiger partial charge in [-0.05, 0) is 48.4 Å². The Labute approximate surface area is 258 Å². The average molecular weight is 603 g/mol. The van der Waals surface area contributed by atoms with E-state index in [0.717, 1.165) is 42.1 Å². The lowest BCUT2D eigenvalue weighted by Gasteiger charge is -2.20. The van der Waals surface area contributed by atoms with Crippen LogP contribution in [0.5, 0.6) is 11.6 Å². The second kappa shape index (κ2) is 13.7. The summed E-state index contributed by atoms with van der Waals surface area (Å²) in [5.41, 5.74) is 4.29. The zero-order valence-corrected chi connectivity index (χ0v) is 25.8. The highest BCUT2D eigenvalue weighted by Gasteiger charge is 2.47. The smallest absolute Gasteiger partial charge is 0.193 e. The molecule has 4 heterocycles. The van der Waals surface area contributed by atoms with Gasteiger partial charge in [0.25, 0.3) is 0 Å². The first kappa shape index (κ1) is 30.6. The molecule has 2 fully saturated rings. The first-order valence-corrected chi connectivity index (χ1v) is 16.0. The van der Waals surface area contributed by atoms with Crippen LogP contribution in [0.25, 0.3) is 33.4 Å². The number of halogens is 1. The SMILES string of the molecule is CCCC(CCC(C)CC)Oc1ccc(-c2ccc(-c3nc4cc(OCC5CO[C@@H]6C(O)CO[C@H]56)[nH]c4cc3F)cc2)cc1. The van der Waals surface area contributed by atoms with Crippen LogP contribution in [-0.2, 0) is 9.47 Å². The van der Waals surface area contributed by atoms with Gasteiger partial charge in [-0.15, -0.1) is 0 Å². The molecule has 234 valence electrons. The summed E-state index contributed by atoms with van der Waals surface area (Å²) >= 11 is 0. The molecule has 44 heavy (non-hydrogen) atoms. The Bertz CT molecular complexity index is 1520. The molecule has 4 aromatic rings. The number of hydrogen-bond acceptors (Lipinski definition) is 6. The molecule has 2 aliphatic heterocycles. The second-order valence-electron chi connectivity index (χ2n) is 12.3. The Hall–Kier alpha value is -3.46. The van der Waals surface area contributed by atoms with E-state index in [-0.39, 0.29) is 36.5 Å². The molecule has 2 N–H and O–H groups in total. The van der Waals surface area contributed by atoms with Crippen molar-refractivity contribution in [2.75, 3.05) is 19.8 Å². The lowest BCUT2D eigenvalue weighted by Crippen LogP contribution is -2.31. The summed E-state index contributed by atoms with van der Waals surface area (Å²) in [4.78, 5) is 7.72. The molecule has 0 radical (unpaired) electrons. The summed E-state index contributed by atoms with van der Waals surface area (Å²) in [6.07, 6.45) is 4.82. The van der Waals surface area contributed by atoms with Gasteiger partial charge < -0.3 is 29.0 Å². The van der Waals surface area contributed by atoms with E-state index >= 15 is 4.39 Å². The number of nitrogens with zero attached hydrogens (tertiary/aromatic N) is 1. The number of nitrogens with one attached hydrogen (secondary N) is 1. The molecule has 0 saturated carbocycles. The number of aliphatic hydroxyl groups excluding tert-OH is 1. The molecule has 2 aromatic carbocycles. The van der Waals surface area contributed by atoms with Gasteiger partial charge in [-0.2, -0.15) is 0 Å². The molecule has 4 unspecified atom stereocenters. The fraction of sp³-hybridized carbons (Fsp3) is 0.472. The molecular formula is C36H43FN2O5. The van der Waals surface area contributed by atoms with Crippen LogP contribution in [0.4, 0.5) is 4.39 Å². The Morgan fingerprint density at radius 2 is 1.64 bits per heavy atom. The van der Waals surface area contributed by atoms with Crippen molar-refractivity contribution < 1.29 is 28.4 Å². The van der Waals surface area contributed by atoms with E-state index < -0.39 is 11.9 Å². The van der Waals surface area contributed by atoms with E-state index in [1.807, 2.05) is 36.4 Å². The zero-order chi connectivity index (χ0) is 30.6. The minimum Gasteiger partial charge on any atom is -0.490 e. The van der Waals surface area contributed by atoms with E-state index in [0.29, 0.717) is 35.7 Å². The monoisotopic (exact) mass is 602 g/mol. The molecular weight excluding hydrogens is 559 g/mol. The molecule has 7 nitrogen and oxygen atoms in total. The highest BCUT2D eigenvalue weighted by molar-refractivity contribution is 5.81. The van der Waals surface area contributed by atoms with Gasteiger partial charge in [-0.1, -0.05) is 70.0 Å². The van der Waals surface area contributed by atoms with Gasteiger partial charge >= 0.3 is 0 Å². The summed E-state index contributed by atoms with van der Waals surface area (Å²) in [5.74, 6) is 1.73. The zero-order valence-electron chi connectivity index (χ0n) is 25.8. The van der Waals surface area contributed by atoms with Crippen molar-refractivity contribution >= 4 is 11.0 Å². The maximum atomic E-state index is 15.2. The van der Waals surface area contributed by atoms with Crippen molar-refractivity contribution in [3.63, 3.8) is 0 Å². The number of rotatable bonds is 13. The van der Waals surface area contributed by atoms with E-state index in [9.17, 15) is 5.11 Å². The third-order valence-corrected chi connectivity index (χ3v) is 9.05. The number of ether oxygens (including phenoxy) is 4. The van der Waals surface area contributed by atoms with E-state index in [1.54, 1.807) is 6.07 Å². The first-order valence-electron chi connectivity index (χ1n) is 16.0. The van der Waals surface area contributed by atoms with Crippen molar-refractivity contribution in [3.8, 4) is 34.0 Å². The maximum Gasteiger partial charge on any atom is 0.193 e. The van der Waals surface area contributed by atoms with Gasteiger partial charge in [-0.25, -0.2) is 9.37 Å². The van der Waals surface area contributed by atoms with Crippen LogP contribution in [0.3, 0.4) is 0 Å². The molecule has 0 amide bonds. The van der Waals surface area contributed by atoms with Gasteiger partial charge in [0.1, 0.15) is 23.7 Å². The summed E-state index contributed by atoms with van der Waals surface area (Å²) in [6.45, 7) is 7.87. The number of H-pyrrole nitrogens is 1. The summed E-state index contributed by atoms with van der Waals surface area (Å²) in [7, 11) is 0. The number of aliphatic hydroxyl groups is 1. The average Bonchev–Trinajstić information content (AvgIpc) is 3.74. The molecule has 2 aliphatic rings. The lowest BCUT2D eigenvalue weighted by atomic mass is 9.98. The van der Waals surface area contributed by atoms with Gasteiger partial charge in [0, 0.05) is 23.6 Å². The largest absolute Gasteiger partial charge is 0.490 e. The van der Waals surface area contributed by atoms with Gasteiger partial charge in [0.15, 0.2) is 11.7 Å². The molecule has 0 spiro atoms. The van der Waals surface area contributed by atoms with E-state index in [4.69, 9.17) is 18.9 Å². The highest BCUT2D eigenvalue weighted by Crippen LogP contribution is 2.33. The fourth-order valence-corrected chi connectivity index (χ4v) is 6.18. The number of benzene rings is 2. The number of aromatic nitrogens is 2. The van der Waals surface area contributed by atoms with Gasteiger partial charge in [0.2, 0.25) is 0 Å². The normalized spacial score (nSPS) is 22.7. The first-order chi connectivity index (χ1) is 21.4. The van der Waals surface area contributed by atoms with Crippen LogP contribution in [0.15, 0.2) is 60.7 Å². The molecule has 0 bridgehead atoms. The minimum absolute atomic E-state index is 0.0171. The fourth-order valence-electron chi connectivity index (χ4n) is 6.18. The maximum absolute atomic E-state index is 15.2. The molecule has 2 aromatic heterocycles. The van der Waals surface area contributed by atoms with Crippen molar-refractivity contribution in [2.45, 2.75) is 77.3 Å². The summed E-state index contributed by atoms with van der Waals surface area (Å²) in [6, 6.07) is 19.3. The summed E-state index contributed by atoms with van der Waals surface area (Å²) < 4.78 is 38.9. The highest BCUT2D eigenvalue weighted by atomic mass is 19.1. The number of pyridine rings is 1. The van der Waals surface area contributed by atoms with Crippen LogP contribution in [0, 0.1) is 17.7 Å². The van der Waals surface area contributed by atoms with Crippen LogP contribution >= 0.6 is 0 Å². The summed E-state index contributed by atoms with van der Waals surface area (Å²) in [5, 5.41) is 9.96. The molecule has 6 rings (SSSR count). The predicted molar refractivity (Wildman–Crippen MR) is 169 cm³/mol. The van der Waals surface area contributed by atoms with Crippen molar-refractivity contribution in [3.05, 3.63) is 66.5 Å². The van der Waals surface area contributed by atoms with Crippen LogP contribution < -0.4 is 9.47 Å². The van der Waals surface area contributed by atoms with Crippen molar-refractivity contribution in [1.82, 2.24) is 9.97 Å². The van der Waals surface area contributed by atoms with E-state index in [2.05, 4.69) is 42.9 Å². The predicted octanol–water partition coefficient (Wildman–Crippen LogP) is 7.56. The quantitative estimate of drug-likeness (QED) is 0.164. The molecule has 8 heteroatoms. The van der Waals surface area contributed by atoms with Gasteiger partial charge in [0.05, 0.1) is 43.1 Å². The van der Waals surface area contributed by atoms with Crippen molar-refractivity contribution in [1.29, 1.82) is 0 Å². The third kappa shape index (κ3) is 6.77. The lowest BCUT2D eigenvalue weighted by molar-refractivity contribution is 0.0152. The number of hydrogen-bond donors (Lipinski definition) is 2. The standard InChI is InChI=1S/C36H43FN2O5/c1-4-6-27(14-7-22(3)5-2)44-28-15-12-24(13-16-28)23-8-10-25(11-9-23)34-29(37)17-30-31(39-34)18-33(38-30)41-19-26-20-42-36-32(40)21-43-35(26)36/h8-13,15-18,22,26-27,32,35-36,38,40H,4-7,14,19-21H2,1-3H3/t22?,26?,27?,32?,35-,36-/m1/s1. The molecule has 2 saturated heterocycles. The van der Waals surface area contributed by atoms with Crippen LogP contribution in [0.1, 0.15) is 52.9 Å². The minimum atomic E-state index is -0.592. The topological polar surface area (TPSA) is 85.8 Å². The van der Waals surface area contributed by atoms with Crippen molar-refractivity contribution in [2.24, 2.45) is 11.8 Å². The van der Waals surface area contributed by atoms with E-state index in [1.165, 1.54) is 18.9 Å². The molecule has 0 aliphatic carbocycles. The van der Waals surface area contributed by atoms with Gasteiger partial charge in [-0.3, -0.25) is 0 Å². The number of fused-ring (bicyclic) bond motifs is 2. The Morgan fingerprint density at radius 1 is 0.932 bits per heavy atom. The Kier molecular flexibility index (Phi) is 9.50.